The molecule has 0 aromatic carbocycles. The summed E-state index contributed by atoms with van der Waals surface area (Å²) in [5.41, 5.74) is -8.40. The van der Waals surface area contributed by atoms with Crippen molar-refractivity contribution < 1.29 is 72.2 Å². The van der Waals surface area contributed by atoms with Gasteiger partial charge in [-0.15, -0.1) is 11.3 Å². The third kappa shape index (κ3) is 3.46. The number of amides is 1. The fraction of sp³-hybridized carbons (Fsp3) is 0.611. The molecule has 1 fully saturated rings. The minimum atomic E-state index is -7.50. The third-order valence-corrected chi connectivity index (χ3v) is 6.26. The molecule has 2 rings (SSSR count). The maximum absolute atomic E-state index is 15.0. The highest BCUT2D eigenvalue weighted by atomic mass is 32.1. The zero-order valence-electron chi connectivity index (χ0n) is 18.0. The summed E-state index contributed by atoms with van der Waals surface area (Å²) < 4.78 is 162. The molecule has 0 aliphatic heterocycles. The average Bonchev–Trinajstić information content (AvgIpc) is 3.07. The van der Waals surface area contributed by atoms with Crippen LogP contribution in [0.2, 0.25) is 0 Å². The van der Waals surface area contributed by atoms with Gasteiger partial charge < -0.3 is 14.8 Å². The van der Waals surface area contributed by atoms with E-state index in [0.717, 1.165) is 12.2 Å². The van der Waals surface area contributed by atoms with Gasteiger partial charge >= 0.3 is 47.2 Å². The number of rotatable bonds is 6. The number of halogens is 11. The Morgan fingerprint density at radius 1 is 0.722 bits per heavy atom. The van der Waals surface area contributed by atoms with Crippen molar-refractivity contribution in [2.24, 2.45) is 0 Å². The average molecular weight is 565 g/mol. The molecule has 1 saturated carbocycles. The second-order valence-corrected chi connectivity index (χ2v) is 8.21. The van der Waals surface area contributed by atoms with Crippen molar-refractivity contribution in [2.75, 3.05) is 18.5 Å². The molecule has 0 atom stereocenters. The molecule has 0 spiro atoms. The first-order valence-electron chi connectivity index (χ1n) is 9.50. The van der Waals surface area contributed by atoms with Gasteiger partial charge in [0.25, 0.3) is 5.91 Å². The highest BCUT2D eigenvalue weighted by Gasteiger charge is 3.02. The summed E-state index contributed by atoms with van der Waals surface area (Å²) in [5, 5.41) is -0.401. The summed E-state index contributed by atoms with van der Waals surface area (Å²) in [6.45, 7) is 2.81. The van der Waals surface area contributed by atoms with E-state index in [2.05, 4.69) is 9.47 Å². The highest BCUT2D eigenvalue weighted by Crippen LogP contribution is 2.69. The Morgan fingerprint density at radius 3 is 1.53 bits per heavy atom. The molecular formula is C18H14F11NO5S. The molecule has 0 radical (unpaired) electrons. The van der Waals surface area contributed by atoms with E-state index in [9.17, 15) is 58.3 Å². The number of carbonyl (C=O) groups excluding carboxylic acids is 3. The fourth-order valence-corrected chi connectivity index (χ4v) is 4.22. The van der Waals surface area contributed by atoms with E-state index in [-0.39, 0.29) is 17.9 Å². The third-order valence-electron chi connectivity index (χ3n) is 5.07. The largest absolute Gasteiger partial charge is 0.462 e. The molecule has 1 aliphatic carbocycles. The smallest absolute Gasteiger partial charge is 0.384 e. The molecule has 1 aromatic rings. The zero-order chi connectivity index (χ0) is 28.3. The first-order chi connectivity index (χ1) is 16.1. The van der Waals surface area contributed by atoms with Gasteiger partial charge in [-0.3, -0.25) is 4.79 Å². The predicted octanol–water partition coefficient (Wildman–Crippen LogP) is 5.25. The summed E-state index contributed by atoms with van der Waals surface area (Å²) in [4.78, 5) is 35.9. The minimum Gasteiger partial charge on any atom is -0.462 e. The molecule has 1 aromatic heterocycles. The number of esters is 2. The summed E-state index contributed by atoms with van der Waals surface area (Å²) in [7, 11) is 0. The quantitative estimate of drug-likeness (QED) is 0.377. The Morgan fingerprint density at radius 2 is 1.11 bits per heavy atom. The zero-order valence-corrected chi connectivity index (χ0v) is 18.8. The first kappa shape index (κ1) is 29.6. The number of hydrogen-bond donors (Lipinski definition) is 1. The van der Waals surface area contributed by atoms with Crippen molar-refractivity contribution in [2.45, 2.75) is 56.1 Å². The minimum absolute atomic E-state index is 0.108. The maximum atomic E-state index is 15.0. The summed E-state index contributed by atoms with van der Waals surface area (Å²) in [6.07, 6.45) is 0. The molecule has 36 heavy (non-hydrogen) atoms. The molecule has 1 heterocycles. The van der Waals surface area contributed by atoms with Crippen LogP contribution in [0.5, 0.6) is 0 Å². The molecular weight excluding hydrogens is 551 g/mol. The number of alkyl halides is 11. The van der Waals surface area contributed by atoms with Crippen LogP contribution in [0.1, 0.15) is 39.4 Å². The molecule has 1 amide bonds. The Labute approximate surface area is 197 Å². The van der Waals surface area contributed by atoms with Crippen LogP contribution in [-0.4, -0.2) is 66.3 Å². The van der Waals surface area contributed by atoms with E-state index in [1.807, 2.05) is 0 Å². The van der Waals surface area contributed by atoms with Crippen molar-refractivity contribution in [1.29, 1.82) is 0 Å². The maximum Gasteiger partial charge on any atom is 0.384 e. The van der Waals surface area contributed by atoms with Crippen LogP contribution in [0, 0.1) is 6.92 Å². The molecule has 204 valence electrons. The second-order valence-electron chi connectivity index (χ2n) is 7.19. The van der Waals surface area contributed by atoms with Crippen molar-refractivity contribution in [3.8, 4) is 0 Å². The molecule has 0 saturated heterocycles. The lowest BCUT2D eigenvalue weighted by atomic mass is 9.71. The Bertz CT molecular complexity index is 1060. The van der Waals surface area contributed by atoms with Crippen molar-refractivity contribution in [3.63, 3.8) is 0 Å². The van der Waals surface area contributed by atoms with Gasteiger partial charge in [-0.25, -0.2) is 14.0 Å². The van der Waals surface area contributed by atoms with Crippen LogP contribution >= 0.6 is 11.3 Å². The van der Waals surface area contributed by atoms with E-state index in [0.29, 0.717) is 0 Å². The Balaban J connectivity index is 2.75. The Hall–Kier alpha value is -2.66. The van der Waals surface area contributed by atoms with Gasteiger partial charge in [0.05, 0.1) is 18.8 Å². The second kappa shape index (κ2) is 8.72. The SMILES string of the molecule is CCOC(=O)c1sc(NC(=O)C2(F)C(F)(F)C(F)(F)C(F)(F)C(F)(F)C2(F)F)c(C(=O)OCC)c1C. The van der Waals surface area contributed by atoms with Gasteiger partial charge in [-0.2, -0.15) is 43.9 Å². The van der Waals surface area contributed by atoms with E-state index in [1.54, 1.807) is 0 Å². The molecule has 0 unspecified atom stereocenters. The highest BCUT2D eigenvalue weighted by molar-refractivity contribution is 7.18. The Kier molecular flexibility index (Phi) is 7.17. The standard InChI is InChI=1S/C18H14F11NO5S/c1-4-34-10(31)7-6(3)8(11(32)35-5-2)36-9(7)30-12(33)13(19)14(20,21)16(24,25)18(28,29)17(26,27)15(13,22)23/h4-5H2,1-3H3,(H,30,33). The van der Waals surface area contributed by atoms with Gasteiger partial charge in [0.15, 0.2) is 0 Å². The lowest BCUT2D eigenvalue weighted by molar-refractivity contribution is -0.475. The van der Waals surface area contributed by atoms with Gasteiger partial charge in [-0.05, 0) is 26.3 Å². The molecule has 1 aliphatic rings. The van der Waals surface area contributed by atoms with E-state index in [4.69, 9.17) is 0 Å². The monoisotopic (exact) mass is 565 g/mol. The number of thiophene rings is 1. The topological polar surface area (TPSA) is 81.7 Å². The molecule has 1 N–H and O–H groups in total. The van der Waals surface area contributed by atoms with Crippen LogP contribution < -0.4 is 5.32 Å². The fourth-order valence-electron chi connectivity index (χ4n) is 3.14. The summed E-state index contributed by atoms with van der Waals surface area (Å²) >= 11 is -0.108. The van der Waals surface area contributed by atoms with Gasteiger partial charge in [-0.1, -0.05) is 0 Å². The van der Waals surface area contributed by atoms with Crippen molar-refractivity contribution in [1.82, 2.24) is 0 Å². The van der Waals surface area contributed by atoms with Crippen LogP contribution in [0.3, 0.4) is 0 Å². The van der Waals surface area contributed by atoms with Crippen LogP contribution in [0.15, 0.2) is 0 Å². The molecule has 0 bridgehead atoms. The van der Waals surface area contributed by atoms with E-state index < -0.39 is 80.7 Å². The number of anilines is 1. The summed E-state index contributed by atoms with van der Waals surface area (Å²) in [5.74, 6) is -43.7. The van der Waals surface area contributed by atoms with Crippen molar-refractivity contribution >= 4 is 34.2 Å². The van der Waals surface area contributed by atoms with E-state index in [1.165, 1.54) is 13.8 Å². The van der Waals surface area contributed by atoms with Crippen LogP contribution in [0.25, 0.3) is 0 Å². The number of ether oxygens (including phenoxy) is 2. The lowest BCUT2D eigenvalue weighted by Gasteiger charge is -2.51. The van der Waals surface area contributed by atoms with Gasteiger partial charge in [0.1, 0.15) is 9.88 Å². The van der Waals surface area contributed by atoms with Crippen molar-refractivity contribution in [3.05, 3.63) is 16.0 Å². The molecule has 6 nitrogen and oxygen atoms in total. The first-order valence-corrected chi connectivity index (χ1v) is 10.3. The lowest BCUT2D eigenvalue weighted by Crippen LogP contribution is -2.86. The normalized spacial score (nSPS) is 22.4. The van der Waals surface area contributed by atoms with Gasteiger partial charge in [0, 0.05) is 0 Å². The predicted molar refractivity (Wildman–Crippen MR) is 98.2 cm³/mol. The molecule has 18 heteroatoms. The number of carbonyl (C=O) groups is 3. The summed E-state index contributed by atoms with van der Waals surface area (Å²) in [6, 6.07) is 0. The van der Waals surface area contributed by atoms with Gasteiger partial charge in [0.2, 0.25) is 0 Å². The van der Waals surface area contributed by atoms with Crippen LogP contribution in [-0.2, 0) is 14.3 Å². The van der Waals surface area contributed by atoms with E-state index >= 15 is 4.39 Å². The number of nitrogens with one attached hydrogen (secondary N) is 1. The number of hydrogen-bond acceptors (Lipinski definition) is 6. The van der Waals surface area contributed by atoms with Crippen LogP contribution in [0.4, 0.5) is 53.3 Å².